The summed E-state index contributed by atoms with van der Waals surface area (Å²) < 4.78 is 10.4. The molecule has 5 nitrogen and oxygen atoms in total. The van der Waals surface area contributed by atoms with Crippen LogP contribution >= 0.6 is 0 Å². The maximum absolute atomic E-state index is 11.8. The summed E-state index contributed by atoms with van der Waals surface area (Å²) in [5, 5.41) is 9.65. The molecule has 1 aromatic rings. The van der Waals surface area contributed by atoms with E-state index in [9.17, 15) is 14.7 Å². The van der Waals surface area contributed by atoms with Crippen LogP contribution in [0.25, 0.3) is 0 Å². The molecule has 0 bridgehead atoms. The number of carbonyl (C=O) groups excluding carboxylic acids is 2. The summed E-state index contributed by atoms with van der Waals surface area (Å²) in [6.07, 6.45) is 1.17. The number of Topliss-reactive ketones (excluding diaryl/α,β-unsaturated/α-hetero) is 1. The maximum atomic E-state index is 11.8. The molecule has 5 heteroatoms. The van der Waals surface area contributed by atoms with Crippen LogP contribution in [0.4, 0.5) is 0 Å². The van der Waals surface area contributed by atoms with Crippen molar-refractivity contribution in [2.24, 2.45) is 0 Å². The third-order valence-corrected chi connectivity index (χ3v) is 2.74. The summed E-state index contributed by atoms with van der Waals surface area (Å²) in [6, 6.07) is 6.48. The Balaban J connectivity index is 2.42. The van der Waals surface area contributed by atoms with Gasteiger partial charge in [-0.15, -0.1) is 0 Å². The second-order valence-electron chi connectivity index (χ2n) is 5.23. The third kappa shape index (κ3) is 5.95. The fraction of sp³-hybridized carbons (Fsp3) is 0.500. The Morgan fingerprint density at radius 3 is 2.29 bits per heavy atom. The van der Waals surface area contributed by atoms with Gasteiger partial charge in [0.25, 0.3) is 0 Å². The van der Waals surface area contributed by atoms with E-state index in [0.29, 0.717) is 17.7 Å². The Kier molecular flexibility index (Phi) is 6.37. The molecule has 0 aromatic heterocycles. The summed E-state index contributed by atoms with van der Waals surface area (Å²) in [5.74, 6) is 0.00334. The monoisotopic (exact) mass is 294 g/mol. The van der Waals surface area contributed by atoms with E-state index >= 15 is 0 Å². The first-order valence-electron chi connectivity index (χ1n) is 7.00. The second kappa shape index (κ2) is 7.78. The van der Waals surface area contributed by atoms with Gasteiger partial charge in [-0.05, 0) is 44.5 Å². The fourth-order valence-corrected chi connectivity index (χ4v) is 1.65. The van der Waals surface area contributed by atoms with Crippen molar-refractivity contribution in [2.45, 2.75) is 39.2 Å². The molecule has 1 N–H and O–H groups in total. The Morgan fingerprint density at radius 2 is 1.76 bits per heavy atom. The number of ether oxygens (including phenoxy) is 2. The van der Waals surface area contributed by atoms with Crippen LogP contribution in [0.5, 0.6) is 5.75 Å². The van der Waals surface area contributed by atoms with Crippen LogP contribution < -0.4 is 4.74 Å². The maximum Gasteiger partial charge on any atom is 0.305 e. The van der Waals surface area contributed by atoms with Gasteiger partial charge in [0, 0.05) is 12.0 Å². The molecule has 0 unspecified atom stereocenters. The number of benzene rings is 1. The molecule has 1 aromatic carbocycles. The van der Waals surface area contributed by atoms with Crippen molar-refractivity contribution in [3.05, 3.63) is 29.8 Å². The molecule has 0 saturated carbocycles. The summed E-state index contributed by atoms with van der Waals surface area (Å²) in [7, 11) is 0. The van der Waals surface area contributed by atoms with Crippen molar-refractivity contribution in [1.29, 1.82) is 0 Å². The van der Waals surface area contributed by atoms with E-state index in [1.54, 1.807) is 24.3 Å². The first-order chi connectivity index (χ1) is 9.84. The molecule has 0 atom stereocenters. The average Bonchev–Trinajstić information content (AvgIpc) is 2.43. The Hall–Kier alpha value is -1.88. The highest BCUT2D eigenvalue weighted by Crippen LogP contribution is 2.17. The highest BCUT2D eigenvalue weighted by molar-refractivity contribution is 6.01. The van der Waals surface area contributed by atoms with Gasteiger partial charge in [-0.3, -0.25) is 9.59 Å². The molecule has 1 rings (SSSR count). The molecule has 0 saturated heterocycles. The van der Waals surface area contributed by atoms with Gasteiger partial charge in [0.2, 0.25) is 0 Å². The third-order valence-electron chi connectivity index (χ3n) is 2.74. The lowest BCUT2D eigenvalue weighted by atomic mass is 9.97. The van der Waals surface area contributed by atoms with Gasteiger partial charge in [0.15, 0.2) is 5.78 Å². The molecule has 0 fully saturated rings. The van der Waals surface area contributed by atoms with E-state index in [4.69, 9.17) is 9.47 Å². The highest BCUT2D eigenvalue weighted by Gasteiger charge is 2.24. The van der Waals surface area contributed by atoms with Crippen molar-refractivity contribution < 1.29 is 24.2 Å². The Bertz CT molecular complexity index is 470. The number of ketones is 1. The molecule has 0 radical (unpaired) electrons. The minimum absolute atomic E-state index is 0.198. The standard InChI is InChI=1S/C16H22O5/c1-4-5-14(17)21-11-10-20-13-8-6-12(7-9-13)15(18)16(2,3)19/h6-9,19H,4-5,10-11H2,1-3H3. The van der Waals surface area contributed by atoms with Crippen LogP contribution in [0.3, 0.4) is 0 Å². The van der Waals surface area contributed by atoms with Crippen LogP contribution in [0.2, 0.25) is 0 Å². The topological polar surface area (TPSA) is 72.8 Å². The van der Waals surface area contributed by atoms with Crippen molar-refractivity contribution in [2.75, 3.05) is 13.2 Å². The minimum Gasteiger partial charge on any atom is -0.490 e. The SMILES string of the molecule is CCCC(=O)OCCOc1ccc(C(=O)C(C)(C)O)cc1. The first kappa shape index (κ1) is 17.2. The molecule has 0 amide bonds. The van der Waals surface area contributed by atoms with Gasteiger partial charge in [-0.25, -0.2) is 0 Å². The number of esters is 1. The number of hydrogen-bond acceptors (Lipinski definition) is 5. The van der Waals surface area contributed by atoms with E-state index in [1.807, 2.05) is 6.92 Å². The lowest BCUT2D eigenvalue weighted by Gasteiger charge is -2.15. The molecule has 0 spiro atoms. The summed E-state index contributed by atoms with van der Waals surface area (Å²) in [5.41, 5.74) is -0.972. The molecular formula is C16H22O5. The predicted octanol–water partition coefficient (Wildman–Crippen LogP) is 2.36. The van der Waals surface area contributed by atoms with Crippen LogP contribution in [0.1, 0.15) is 44.0 Å². The van der Waals surface area contributed by atoms with Crippen LogP contribution in [-0.2, 0) is 9.53 Å². The van der Waals surface area contributed by atoms with Gasteiger partial charge in [0.1, 0.15) is 24.6 Å². The van der Waals surface area contributed by atoms with Gasteiger partial charge >= 0.3 is 5.97 Å². The average molecular weight is 294 g/mol. The zero-order valence-electron chi connectivity index (χ0n) is 12.7. The van der Waals surface area contributed by atoms with Crippen LogP contribution in [0, 0.1) is 0 Å². The van der Waals surface area contributed by atoms with Gasteiger partial charge in [-0.1, -0.05) is 6.92 Å². The van der Waals surface area contributed by atoms with Crippen molar-refractivity contribution in [3.8, 4) is 5.75 Å². The van der Waals surface area contributed by atoms with E-state index < -0.39 is 5.60 Å². The van der Waals surface area contributed by atoms with E-state index in [0.717, 1.165) is 6.42 Å². The van der Waals surface area contributed by atoms with E-state index in [1.165, 1.54) is 13.8 Å². The summed E-state index contributed by atoms with van der Waals surface area (Å²) >= 11 is 0. The fourth-order valence-electron chi connectivity index (χ4n) is 1.65. The minimum atomic E-state index is -1.39. The van der Waals surface area contributed by atoms with Crippen LogP contribution in [-0.4, -0.2) is 35.7 Å². The molecule has 116 valence electrons. The van der Waals surface area contributed by atoms with Crippen molar-refractivity contribution in [3.63, 3.8) is 0 Å². The van der Waals surface area contributed by atoms with Crippen LogP contribution in [0.15, 0.2) is 24.3 Å². The van der Waals surface area contributed by atoms with E-state index in [2.05, 4.69) is 0 Å². The second-order valence-corrected chi connectivity index (χ2v) is 5.23. The van der Waals surface area contributed by atoms with Gasteiger partial charge < -0.3 is 14.6 Å². The first-order valence-corrected chi connectivity index (χ1v) is 7.00. The van der Waals surface area contributed by atoms with E-state index in [-0.39, 0.29) is 25.0 Å². The number of carbonyl (C=O) groups is 2. The molecule has 0 aliphatic carbocycles. The number of hydrogen-bond donors (Lipinski definition) is 1. The molecule has 0 heterocycles. The predicted molar refractivity (Wildman–Crippen MR) is 78.4 cm³/mol. The molecule has 0 aliphatic heterocycles. The smallest absolute Gasteiger partial charge is 0.305 e. The molecule has 0 aliphatic rings. The summed E-state index contributed by atoms with van der Waals surface area (Å²) in [6.45, 7) is 5.26. The number of aliphatic hydroxyl groups is 1. The lowest BCUT2D eigenvalue weighted by Crippen LogP contribution is -2.30. The number of rotatable bonds is 8. The summed E-state index contributed by atoms with van der Waals surface area (Å²) in [4.78, 5) is 23.0. The Morgan fingerprint density at radius 1 is 1.14 bits per heavy atom. The van der Waals surface area contributed by atoms with Crippen molar-refractivity contribution >= 4 is 11.8 Å². The van der Waals surface area contributed by atoms with Gasteiger partial charge in [-0.2, -0.15) is 0 Å². The molecular weight excluding hydrogens is 272 g/mol. The highest BCUT2D eigenvalue weighted by atomic mass is 16.6. The quantitative estimate of drug-likeness (QED) is 0.452. The zero-order chi connectivity index (χ0) is 15.9. The lowest BCUT2D eigenvalue weighted by molar-refractivity contribution is -0.144. The molecule has 21 heavy (non-hydrogen) atoms. The van der Waals surface area contributed by atoms with Gasteiger partial charge in [0.05, 0.1) is 0 Å². The largest absolute Gasteiger partial charge is 0.490 e. The normalized spacial score (nSPS) is 11.0. The Labute approximate surface area is 124 Å². The zero-order valence-corrected chi connectivity index (χ0v) is 12.7. The van der Waals surface area contributed by atoms with Crippen molar-refractivity contribution in [1.82, 2.24) is 0 Å².